The number of hydrogen-bond acceptors (Lipinski definition) is 4. The Morgan fingerprint density at radius 2 is 1.85 bits per heavy atom. The topological polar surface area (TPSA) is 66.5 Å². The normalized spacial score (nSPS) is 12.5. The first-order valence-electron chi connectivity index (χ1n) is 8.15. The van der Waals surface area contributed by atoms with Gasteiger partial charge in [0.15, 0.2) is 0 Å². The minimum atomic E-state index is -3.64. The molecule has 0 unspecified atom stereocenters. The van der Waals surface area contributed by atoms with Crippen molar-refractivity contribution in [1.29, 1.82) is 0 Å². The largest absolute Gasteiger partial charge is 0.324 e. The zero-order valence-electron chi connectivity index (χ0n) is 15.6. The van der Waals surface area contributed by atoms with E-state index in [0.29, 0.717) is 11.4 Å². The maximum absolute atomic E-state index is 12.7. The lowest BCUT2D eigenvalue weighted by molar-refractivity contribution is -0.116. The molecule has 2 rings (SSSR count). The zero-order valence-corrected chi connectivity index (χ0v) is 17.2. The number of benzene rings is 2. The van der Waals surface area contributed by atoms with E-state index in [1.54, 1.807) is 30.8 Å². The summed E-state index contributed by atoms with van der Waals surface area (Å²) in [5.41, 5.74) is 2.89. The molecule has 0 fully saturated rings. The number of nitrogens with one attached hydrogen (secondary N) is 1. The Hall–Kier alpha value is -1.99. The third kappa shape index (κ3) is 4.80. The van der Waals surface area contributed by atoms with E-state index in [4.69, 9.17) is 0 Å². The molecule has 5 nitrogen and oxygen atoms in total. The van der Waals surface area contributed by atoms with Gasteiger partial charge in [0, 0.05) is 10.6 Å². The Morgan fingerprint density at radius 3 is 2.46 bits per heavy atom. The molecule has 0 aliphatic heterocycles. The van der Waals surface area contributed by atoms with Gasteiger partial charge in [0.05, 0.1) is 11.9 Å². The van der Waals surface area contributed by atoms with Gasteiger partial charge in [-0.3, -0.25) is 9.10 Å². The van der Waals surface area contributed by atoms with Gasteiger partial charge < -0.3 is 5.32 Å². The molecule has 0 aromatic heterocycles. The molecule has 1 amide bonds. The summed E-state index contributed by atoms with van der Waals surface area (Å²) in [7, 11) is -3.64. The molecule has 0 saturated heterocycles. The second-order valence-electron chi connectivity index (χ2n) is 6.25. The smallest absolute Gasteiger partial charge is 0.247 e. The van der Waals surface area contributed by atoms with Crippen LogP contribution in [0, 0.1) is 13.8 Å². The summed E-state index contributed by atoms with van der Waals surface area (Å²) < 4.78 is 26.1. The predicted molar refractivity (Wildman–Crippen MR) is 110 cm³/mol. The fourth-order valence-electron chi connectivity index (χ4n) is 2.69. The molecule has 0 radical (unpaired) electrons. The number of sulfonamides is 1. The van der Waals surface area contributed by atoms with Crippen LogP contribution >= 0.6 is 11.8 Å². The van der Waals surface area contributed by atoms with Gasteiger partial charge in [-0.15, -0.1) is 11.8 Å². The second kappa shape index (κ2) is 8.14. The summed E-state index contributed by atoms with van der Waals surface area (Å²) in [4.78, 5) is 13.8. The van der Waals surface area contributed by atoms with Crippen LogP contribution in [0.1, 0.15) is 18.1 Å². The van der Waals surface area contributed by atoms with Crippen LogP contribution in [0.15, 0.2) is 47.4 Å². The average molecular weight is 393 g/mol. The van der Waals surface area contributed by atoms with Gasteiger partial charge in [0.25, 0.3) is 0 Å². The standard InChI is InChI=1S/C19H24N2O3S2/c1-13-9-10-14(2)18(11-13)21(26(5,23)24)15(3)19(22)20-16-7-6-8-17(12-16)25-4/h6-12,15H,1-5H3,(H,20,22)/t15-/m1/s1. The summed E-state index contributed by atoms with van der Waals surface area (Å²) in [6.45, 7) is 5.32. The fourth-order valence-corrected chi connectivity index (χ4v) is 4.37. The highest BCUT2D eigenvalue weighted by Gasteiger charge is 2.30. The van der Waals surface area contributed by atoms with Crippen molar-refractivity contribution in [3.63, 3.8) is 0 Å². The molecule has 1 N–H and O–H groups in total. The number of carbonyl (C=O) groups is 1. The summed E-state index contributed by atoms with van der Waals surface area (Å²) in [6, 6.07) is 12.1. The van der Waals surface area contributed by atoms with E-state index in [9.17, 15) is 13.2 Å². The van der Waals surface area contributed by atoms with Crippen LogP contribution in [0.25, 0.3) is 0 Å². The van der Waals surface area contributed by atoms with Crippen molar-refractivity contribution < 1.29 is 13.2 Å². The van der Waals surface area contributed by atoms with Crippen LogP contribution in [0.4, 0.5) is 11.4 Å². The van der Waals surface area contributed by atoms with Gasteiger partial charge in [-0.2, -0.15) is 0 Å². The number of aryl methyl sites for hydroxylation is 2. The molecule has 7 heteroatoms. The average Bonchev–Trinajstić information content (AvgIpc) is 2.57. The lowest BCUT2D eigenvalue weighted by atomic mass is 10.1. The van der Waals surface area contributed by atoms with Crippen LogP contribution in [0.5, 0.6) is 0 Å². The van der Waals surface area contributed by atoms with Gasteiger partial charge in [-0.05, 0) is 62.4 Å². The van der Waals surface area contributed by atoms with Crippen LogP contribution in [-0.2, 0) is 14.8 Å². The highest BCUT2D eigenvalue weighted by Crippen LogP contribution is 2.27. The number of carbonyl (C=O) groups excluding carboxylic acids is 1. The molecular weight excluding hydrogens is 368 g/mol. The minimum absolute atomic E-state index is 0.380. The Balaban J connectivity index is 2.36. The molecule has 2 aromatic rings. The van der Waals surface area contributed by atoms with Gasteiger partial charge in [0.1, 0.15) is 6.04 Å². The number of amides is 1. The number of thioether (sulfide) groups is 1. The minimum Gasteiger partial charge on any atom is -0.324 e. The third-order valence-corrected chi connectivity index (χ3v) is 5.98. The van der Waals surface area contributed by atoms with Crippen molar-refractivity contribution in [2.45, 2.75) is 31.7 Å². The lowest BCUT2D eigenvalue weighted by Gasteiger charge is -2.29. The van der Waals surface area contributed by atoms with Crippen LogP contribution in [0.3, 0.4) is 0 Å². The molecule has 1 atom stereocenters. The van der Waals surface area contributed by atoms with E-state index in [1.807, 2.05) is 50.4 Å². The first kappa shape index (κ1) is 20.3. The molecule has 0 bridgehead atoms. The number of nitrogens with zero attached hydrogens (tertiary/aromatic N) is 1. The van der Waals surface area contributed by atoms with Gasteiger partial charge in [-0.25, -0.2) is 8.42 Å². The number of anilines is 2. The molecule has 140 valence electrons. The number of rotatable bonds is 6. The van der Waals surface area contributed by atoms with E-state index in [0.717, 1.165) is 22.3 Å². The maximum Gasteiger partial charge on any atom is 0.247 e. The van der Waals surface area contributed by atoms with E-state index in [2.05, 4.69) is 5.32 Å². The summed E-state index contributed by atoms with van der Waals surface area (Å²) >= 11 is 1.57. The van der Waals surface area contributed by atoms with Crippen LogP contribution in [0.2, 0.25) is 0 Å². The molecule has 26 heavy (non-hydrogen) atoms. The van der Waals surface area contributed by atoms with Gasteiger partial charge in [0.2, 0.25) is 15.9 Å². The summed E-state index contributed by atoms with van der Waals surface area (Å²) in [6.07, 6.45) is 3.07. The molecular formula is C19H24N2O3S2. The highest BCUT2D eigenvalue weighted by molar-refractivity contribution is 7.98. The molecule has 2 aromatic carbocycles. The van der Waals surface area contributed by atoms with Crippen LogP contribution < -0.4 is 9.62 Å². The zero-order chi connectivity index (χ0) is 19.5. The number of hydrogen-bond donors (Lipinski definition) is 1. The first-order valence-corrected chi connectivity index (χ1v) is 11.2. The Morgan fingerprint density at radius 1 is 1.15 bits per heavy atom. The highest BCUT2D eigenvalue weighted by atomic mass is 32.2. The van der Waals surface area contributed by atoms with Crippen molar-refractivity contribution in [2.24, 2.45) is 0 Å². The van der Waals surface area contributed by atoms with Gasteiger partial charge >= 0.3 is 0 Å². The molecule has 0 saturated carbocycles. The van der Waals surface area contributed by atoms with Crippen molar-refractivity contribution in [2.75, 3.05) is 22.1 Å². The van der Waals surface area contributed by atoms with Crippen molar-refractivity contribution in [3.8, 4) is 0 Å². The Kier molecular flexibility index (Phi) is 6.36. The molecule has 0 aliphatic rings. The monoisotopic (exact) mass is 392 g/mol. The van der Waals surface area contributed by atoms with E-state index in [-0.39, 0.29) is 5.91 Å². The van der Waals surface area contributed by atoms with Gasteiger partial charge in [-0.1, -0.05) is 18.2 Å². The molecule has 0 spiro atoms. The lowest BCUT2D eigenvalue weighted by Crippen LogP contribution is -2.45. The second-order valence-corrected chi connectivity index (χ2v) is 8.99. The molecule has 0 heterocycles. The summed E-state index contributed by atoms with van der Waals surface area (Å²) in [5.74, 6) is -0.380. The van der Waals surface area contributed by atoms with Crippen LogP contribution in [-0.4, -0.2) is 32.9 Å². The molecule has 0 aliphatic carbocycles. The van der Waals surface area contributed by atoms with E-state index < -0.39 is 16.1 Å². The Bertz CT molecular complexity index is 911. The fraction of sp³-hybridized carbons (Fsp3) is 0.316. The maximum atomic E-state index is 12.7. The van der Waals surface area contributed by atoms with Crippen molar-refractivity contribution in [3.05, 3.63) is 53.6 Å². The predicted octanol–water partition coefficient (Wildman–Crippen LogP) is 3.82. The quantitative estimate of drug-likeness (QED) is 0.759. The Labute approximate surface area is 159 Å². The van der Waals surface area contributed by atoms with E-state index in [1.165, 1.54) is 4.31 Å². The summed E-state index contributed by atoms with van der Waals surface area (Å²) in [5, 5.41) is 2.81. The van der Waals surface area contributed by atoms with Crippen molar-refractivity contribution in [1.82, 2.24) is 0 Å². The SMILES string of the molecule is CSc1cccc(NC(=O)[C@@H](C)N(c2cc(C)ccc2C)S(C)(=O)=O)c1. The first-order chi connectivity index (χ1) is 12.1. The third-order valence-electron chi connectivity index (χ3n) is 4.03. The van der Waals surface area contributed by atoms with E-state index >= 15 is 0 Å². The van der Waals surface area contributed by atoms with Crippen molar-refractivity contribution >= 4 is 39.1 Å².